The Kier molecular flexibility index (Phi) is 3.88. The van der Waals surface area contributed by atoms with E-state index in [1.54, 1.807) is 11.3 Å². The molecule has 0 fully saturated rings. The van der Waals surface area contributed by atoms with Crippen LogP contribution in [0, 0.1) is 0 Å². The van der Waals surface area contributed by atoms with Crippen LogP contribution >= 0.6 is 11.3 Å². The number of thiazole rings is 1. The van der Waals surface area contributed by atoms with Gasteiger partial charge in [0.05, 0.1) is 12.3 Å². The average Bonchev–Trinajstić information content (AvgIpc) is 3.23. The minimum Gasteiger partial charge on any atom is -0.492 e. The van der Waals surface area contributed by atoms with Crippen LogP contribution in [-0.4, -0.2) is 21.0 Å². The van der Waals surface area contributed by atoms with Crippen molar-refractivity contribution in [2.45, 2.75) is 6.92 Å². The molecule has 0 saturated heterocycles. The number of fused-ring (bicyclic) bond motifs is 1. The summed E-state index contributed by atoms with van der Waals surface area (Å²) in [6.07, 6.45) is 3.97. The molecule has 4 aromatic rings. The summed E-state index contributed by atoms with van der Waals surface area (Å²) in [5, 5.41) is 6.15. The zero-order chi connectivity index (χ0) is 16.4. The number of aromatic nitrogens is 3. The zero-order valence-corrected chi connectivity index (χ0v) is 14.0. The highest BCUT2D eigenvalue weighted by molar-refractivity contribution is 7.14. The van der Waals surface area contributed by atoms with Crippen molar-refractivity contribution in [2.75, 3.05) is 11.9 Å². The summed E-state index contributed by atoms with van der Waals surface area (Å²) in [4.78, 5) is 9.25. The third-order valence-corrected chi connectivity index (χ3v) is 4.32. The lowest BCUT2D eigenvalue weighted by atomic mass is 10.3. The average molecular weight is 336 g/mol. The Hall–Kier alpha value is -2.86. The van der Waals surface area contributed by atoms with Gasteiger partial charge >= 0.3 is 0 Å². The molecule has 0 radical (unpaired) electrons. The van der Waals surface area contributed by atoms with Crippen molar-refractivity contribution >= 4 is 27.8 Å². The molecule has 1 aromatic carbocycles. The number of hydrogen-bond acceptors (Lipinski definition) is 5. The summed E-state index contributed by atoms with van der Waals surface area (Å²) in [7, 11) is 0. The quantitative estimate of drug-likeness (QED) is 0.579. The number of para-hydroxylation sites is 2. The van der Waals surface area contributed by atoms with E-state index in [9.17, 15) is 0 Å². The van der Waals surface area contributed by atoms with Gasteiger partial charge in [-0.3, -0.25) is 0 Å². The van der Waals surface area contributed by atoms with E-state index in [-0.39, 0.29) is 0 Å². The summed E-state index contributed by atoms with van der Waals surface area (Å²) in [5.74, 6) is 0.824. The second-order valence-electron chi connectivity index (χ2n) is 5.18. The molecule has 0 saturated carbocycles. The van der Waals surface area contributed by atoms with E-state index in [4.69, 9.17) is 4.74 Å². The Morgan fingerprint density at radius 2 is 1.96 bits per heavy atom. The maximum absolute atomic E-state index is 5.64. The van der Waals surface area contributed by atoms with Crippen LogP contribution in [0.4, 0.5) is 10.8 Å². The molecule has 0 aliphatic rings. The fourth-order valence-corrected chi connectivity index (χ4v) is 3.19. The molecule has 0 amide bonds. The van der Waals surface area contributed by atoms with Crippen LogP contribution in [-0.2, 0) is 0 Å². The summed E-state index contributed by atoms with van der Waals surface area (Å²) in [5.41, 5.74) is 3.55. The summed E-state index contributed by atoms with van der Waals surface area (Å²) in [6.45, 7) is 2.60. The monoisotopic (exact) mass is 336 g/mol. The second kappa shape index (κ2) is 6.33. The third kappa shape index (κ3) is 2.83. The fraction of sp³-hybridized carbons (Fsp3) is 0.111. The second-order valence-corrected chi connectivity index (χ2v) is 6.04. The lowest BCUT2D eigenvalue weighted by Gasteiger charge is -2.09. The van der Waals surface area contributed by atoms with Crippen LogP contribution in [0.1, 0.15) is 6.92 Å². The number of rotatable bonds is 5. The highest BCUT2D eigenvalue weighted by atomic mass is 32.1. The van der Waals surface area contributed by atoms with Crippen LogP contribution in [0.2, 0.25) is 0 Å². The molecule has 3 heterocycles. The first kappa shape index (κ1) is 14.7. The normalized spacial score (nSPS) is 10.9. The number of nitrogens with one attached hydrogen (secondary N) is 1. The predicted molar refractivity (Wildman–Crippen MR) is 97.2 cm³/mol. The SMILES string of the molecule is CCOc1ccccc1Nc1nc(-c2cn3ccccc3n2)cs1. The van der Waals surface area contributed by atoms with Crippen LogP contribution in [0.25, 0.3) is 17.0 Å². The molecular weight excluding hydrogens is 320 g/mol. The zero-order valence-electron chi connectivity index (χ0n) is 13.1. The fourth-order valence-electron chi connectivity index (χ4n) is 2.47. The van der Waals surface area contributed by atoms with Crippen molar-refractivity contribution in [3.8, 4) is 17.1 Å². The van der Waals surface area contributed by atoms with E-state index in [1.807, 2.05) is 71.6 Å². The van der Waals surface area contributed by atoms with Gasteiger partial charge < -0.3 is 14.5 Å². The molecule has 3 aromatic heterocycles. The molecular formula is C18H16N4OS. The highest BCUT2D eigenvalue weighted by Gasteiger charge is 2.10. The van der Waals surface area contributed by atoms with Gasteiger partial charge in [0.2, 0.25) is 0 Å². The number of ether oxygens (including phenoxy) is 1. The Bertz CT molecular complexity index is 943. The van der Waals surface area contributed by atoms with Crippen molar-refractivity contribution in [3.05, 3.63) is 60.2 Å². The smallest absolute Gasteiger partial charge is 0.187 e. The topological polar surface area (TPSA) is 51.5 Å². The first-order valence-electron chi connectivity index (χ1n) is 7.72. The molecule has 1 N–H and O–H groups in total. The molecule has 0 aliphatic heterocycles. The van der Waals surface area contributed by atoms with E-state index >= 15 is 0 Å². The van der Waals surface area contributed by atoms with Gasteiger partial charge in [0.15, 0.2) is 5.13 Å². The molecule has 4 rings (SSSR count). The van der Waals surface area contributed by atoms with Crippen LogP contribution in [0.3, 0.4) is 0 Å². The first-order valence-corrected chi connectivity index (χ1v) is 8.60. The van der Waals surface area contributed by atoms with Gasteiger partial charge in [-0.05, 0) is 31.2 Å². The van der Waals surface area contributed by atoms with E-state index in [0.29, 0.717) is 6.61 Å². The molecule has 5 nitrogen and oxygen atoms in total. The molecule has 0 aliphatic carbocycles. The van der Waals surface area contributed by atoms with Gasteiger partial charge in [-0.2, -0.15) is 0 Å². The standard InChI is InChI=1S/C18H16N4OS/c1-2-23-16-8-4-3-7-13(16)20-18-21-15(12-24-18)14-11-22-10-6-5-9-17(22)19-14/h3-12H,2H2,1H3,(H,20,21). The predicted octanol–water partition coefficient (Wildman–Crippen LogP) is 4.60. The Labute approximate surface area is 143 Å². The van der Waals surface area contributed by atoms with Gasteiger partial charge in [-0.1, -0.05) is 18.2 Å². The third-order valence-electron chi connectivity index (χ3n) is 3.56. The Balaban J connectivity index is 1.61. The van der Waals surface area contributed by atoms with Crippen molar-refractivity contribution < 1.29 is 4.74 Å². The summed E-state index contributed by atoms with van der Waals surface area (Å²) >= 11 is 1.55. The molecule has 24 heavy (non-hydrogen) atoms. The molecule has 0 spiro atoms. The lowest BCUT2D eigenvalue weighted by molar-refractivity contribution is 0.342. The number of benzene rings is 1. The van der Waals surface area contributed by atoms with Crippen molar-refractivity contribution in [1.29, 1.82) is 0 Å². The molecule has 120 valence electrons. The number of pyridine rings is 1. The number of nitrogens with zero attached hydrogens (tertiary/aromatic N) is 3. The molecule has 0 bridgehead atoms. The van der Waals surface area contributed by atoms with E-state index < -0.39 is 0 Å². The largest absolute Gasteiger partial charge is 0.492 e. The van der Waals surface area contributed by atoms with Gasteiger partial charge in [0.25, 0.3) is 0 Å². The molecule has 0 atom stereocenters. The number of anilines is 2. The maximum atomic E-state index is 5.64. The first-order chi connectivity index (χ1) is 11.8. The number of hydrogen-bond donors (Lipinski definition) is 1. The van der Waals surface area contributed by atoms with Gasteiger partial charge in [-0.25, -0.2) is 9.97 Å². The van der Waals surface area contributed by atoms with Crippen molar-refractivity contribution in [2.24, 2.45) is 0 Å². The van der Waals surface area contributed by atoms with Crippen LogP contribution < -0.4 is 10.1 Å². The minimum atomic E-state index is 0.628. The van der Waals surface area contributed by atoms with Crippen molar-refractivity contribution in [3.63, 3.8) is 0 Å². The van der Waals surface area contributed by atoms with Gasteiger partial charge in [-0.15, -0.1) is 11.3 Å². The summed E-state index contributed by atoms with van der Waals surface area (Å²) in [6, 6.07) is 13.8. The molecule has 6 heteroatoms. The highest BCUT2D eigenvalue weighted by Crippen LogP contribution is 2.31. The van der Waals surface area contributed by atoms with E-state index in [1.165, 1.54) is 0 Å². The number of imidazole rings is 1. The maximum Gasteiger partial charge on any atom is 0.187 e. The lowest BCUT2D eigenvalue weighted by Crippen LogP contribution is -1.97. The summed E-state index contributed by atoms with van der Waals surface area (Å²) < 4.78 is 7.63. The Morgan fingerprint density at radius 3 is 2.83 bits per heavy atom. The van der Waals surface area contributed by atoms with E-state index in [0.717, 1.165) is 33.6 Å². The van der Waals surface area contributed by atoms with Gasteiger partial charge in [0.1, 0.15) is 22.8 Å². The molecule has 0 unspecified atom stereocenters. The van der Waals surface area contributed by atoms with Crippen LogP contribution in [0.15, 0.2) is 60.2 Å². The van der Waals surface area contributed by atoms with Crippen molar-refractivity contribution in [1.82, 2.24) is 14.4 Å². The van der Waals surface area contributed by atoms with Crippen LogP contribution in [0.5, 0.6) is 5.75 Å². The van der Waals surface area contributed by atoms with E-state index in [2.05, 4.69) is 15.3 Å². The van der Waals surface area contributed by atoms with Gasteiger partial charge in [0, 0.05) is 17.8 Å². The minimum absolute atomic E-state index is 0.628. The Morgan fingerprint density at radius 1 is 1.08 bits per heavy atom.